The van der Waals surface area contributed by atoms with Gasteiger partial charge in [0.25, 0.3) is 0 Å². The van der Waals surface area contributed by atoms with Crippen LogP contribution in [0.3, 0.4) is 0 Å². The van der Waals surface area contributed by atoms with Crippen LogP contribution in [0.15, 0.2) is 6.20 Å². The minimum atomic E-state index is -0.914. The molecule has 0 fully saturated rings. The van der Waals surface area contributed by atoms with Crippen molar-refractivity contribution in [2.45, 2.75) is 20.4 Å². The fraction of sp³-hybridized carbons (Fsp3) is 0.500. The number of hydrogen-bond acceptors (Lipinski definition) is 2. The molecule has 13 heavy (non-hydrogen) atoms. The van der Waals surface area contributed by atoms with Crippen molar-refractivity contribution in [2.24, 2.45) is 5.92 Å². The van der Waals surface area contributed by atoms with E-state index in [-0.39, 0.29) is 5.69 Å². The van der Waals surface area contributed by atoms with Crippen LogP contribution in [-0.4, -0.2) is 20.9 Å². The van der Waals surface area contributed by atoms with Crippen molar-refractivity contribution in [2.75, 3.05) is 0 Å². The molecule has 1 aromatic heterocycles. The molecule has 1 rings (SSSR count). The quantitative estimate of drug-likeness (QED) is 0.865. The molecule has 72 valence electrons. The van der Waals surface area contributed by atoms with Crippen molar-refractivity contribution in [3.63, 3.8) is 0 Å². The maximum Gasteiger partial charge on any atom is 0.355 e. The summed E-state index contributed by atoms with van der Waals surface area (Å²) in [6, 6.07) is 0. The lowest BCUT2D eigenvalue weighted by Gasteiger charge is -2.06. The van der Waals surface area contributed by atoms with Gasteiger partial charge in [-0.3, -0.25) is 4.68 Å². The second-order valence-electron chi connectivity index (χ2n) is 3.22. The molecular weight excluding hydrogens is 283 g/mol. The smallest absolute Gasteiger partial charge is 0.355 e. The molecule has 0 aromatic carbocycles. The highest BCUT2D eigenvalue weighted by molar-refractivity contribution is 14.1. The number of carbonyl (C=O) groups is 1. The molecule has 0 aliphatic carbocycles. The van der Waals surface area contributed by atoms with Crippen LogP contribution in [0.5, 0.6) is 0 Å². The van der Waals surface area contributed by atoms with Crippen LogP contribution in [0.2, 0.25) is 0 Å². The highest BCUT2D eigenvalue weighted by Crippen LogP contribution is 2.12. The molecule has 1 N–H and O–H groups in total. The van der Waals surface area contributed by atoms with Crippen molar-refractivity contribution in [3.05, 3.63) is 15.5 Å². The van der Waals surface area contributed by atoms with E-state index in [1.54, 1.807) is 6.20 Å². The van der Waals surface area contributed by atoms with E-state index in [2.05, 4.69) is 5.10 Å². The van der Waals surface area contributed by atoms with Gasteiger partial charge in [0.2, 0.25) is 0 Å². The second-order valence-corrected chi connectivity index (χ2v) is 4.38. The third-order valence-corrected chi connectivity index (χ3v) is 2.32. The Hall–Kier alpha value is -0.590. The molecular formula is C8H11IN2O2. The zero-order valence-corrected chi connectivity index (χ0v) is 9.65. The summed E-state index contributed by atoms with van der Waals surface area (Å²) in [6.45, 7) is 4.70. The summed E-state index contributed by atoms with van der Waals surface area (Å²) in [5.41, 5.74) is 0.286. The molecule has 0 saturated carbocycles. The standard InChI is InChI=1S/C8H11IN2O2/c1-5(2)4-11-7(8(12)13)6(9)3-10-11/h3,5H,4H2,1-2H3,(H,12,13). The van der Waals surface area contributed by atoms with Crippen LogP contribution >= 0.6 is 22.6 Å². The third kappa shape index (κ3) is 2.43. The summed E-state index contributed by atoms with van der Waals surface area (Å²) >= 11 is 1.98. The first kappa shape index (κ1) is 10.5. The Morgan fingerprint density at radius 3 is 2.85 bits per heavy atom. The topological polar surface area (TPSA) is 55.1 Å². The zero-order valence-electron chi connectivity index (χ0n) is 7.49. The number of halogens is 1. The van der Waals surface area contributed by atoms with Gasteiger partial charge in [-0.25, -0.2) is 4.79 Å². The van der Waals surface area contributed by atoms with E-state index < -0.39 is 5.97 Å². The van der Waals surface area contributed by atoms with Crippen molar-refractivity contribution < 1.29 is 9.90 Å². The van der Waals surface area contributed by atoms with Crippen LogP contribution in [0.25, 0.3) is 0 Å². The fourth-order valence-electron chi connectivity index (χ4n) is 1.06. The van der Waals surface area contributed by atoms with E-state index in [0.29, 0.717) is 16.0 Å². The first-order valence-corrected chi connectivity index (χ1v) is 5.05. The summed E-state index contributed by atoms with van der Waals surface area (Å²) in [5, 5.41) is 12.9. The van der Waals surface area contributed by atoms with Gasteiger partial charge in [-0.2, -0.15) is 5.10 Å². The predicted molar refractivity (Wildman–Crippen MR) is 56.7 cm³/mol. The van der Waals surface area contributed by atoms with Gasteiger partial charge in [0.1, 0.15) is 0 Å². The van der Waals surface area contributed by atoms with Gasteiger partial charge in [-0.15, -0.1) is 0 Å². The van der Waals surface area contributed by atoms with Crippen LogP contribution in [0.1, 0.15) is 24.3 Å². The summed E-state index contributed by atoms with van der Waals surface area (Å²) in [7, 11) is 0. The number of aromatic nitrogens is 2. The molecule has 0 atom stereocenters. The minimum absolute atomic E-state index is 0.286. The normalized spacial score (nSPS) is 10.8. The van der Waals surface area contributed by atoms with Crippen molar-refractivity contribution in [1.82, 2.24) is 9.78 Å². The lowest BCUT2D eigenvalue weighted by molar-refractivity contribution is 0.0681. The number of hydrogen-bond donors (Lipinski definition) is 1. The van der Waals surface area contributed by atoms with Gasteiger partial charge in [-0.1, -0.05) is 13.8 Å². The van der Waals surface area contributed by atoms with Crippen LogP contribution in [-0.2, 0) is 6.54 Å². The summed E-state index contributed by atoms with van der Waals surface area (Å²) < 4.78 is 2.22. The summed E-state index contributed by atoms with van der Waals surface area (Å²) in [6.07, 6.45) is 1.58. The minimum Gasteiger partial charge on any atom is -0.476 e. The highest BCUT2D eigenvalue weighted by Gasteiger charge is 2.15. The fourth-order valence-corrected chi connectivity index (χ4v) is 1.69. The van der Waals surface area contributed by atoms with Crippen molar-refractivity contribution >= 4 is 28.6 Å². The van der Waals surface area contributed by atoms with Crippen molar-refractivity contribution in [1.29, 1.82) is 0 Å². The first-order valence-electron chi connectivity index (χ1n) is 3.97. The maximum atomic E-state index is 10.8. The van der Waals surface area contributed by atoms with E-state index in [1.165, 1.54) is 4.68 Å². The van der Waals surface area contributed by atoms with E-state index in [9.17, 15) is 4.79 Å². The molecule has 5 heteroatoms. The largest absolute Gasteiger partial charge is 0.476 e. The average molecular weight is 294 g/mol. The average Bonchev–Trinajstić information content (AvgIpc) is 2.30. The van der Waals surface area contributed by atoms with Crippen LogP contribution in [0.4, 0.5) is 0 Å². The van der Waals surface area contributed by atoms with E-state index in [1.807, 2.05) is 36.4 Å². The van der Waals surface area contributed by atoms with Gasteiger partial charge in [0.15, 0.2) is 5.69 Å². The van der Waals surface area contributed by atoms with Gasteiger partial charge >= 0.3 is 5.97 Å². The Morgan fingerprint density at radius 2 is 2.38 bits per heavy atom. The highest BCUT2D eigenvalue weighted by atomic mass is 127. The molecule has 1 heterocycles. The molecule has 0 aliphatic rings. The Morgan fingerprint density at radius 1 is 1.77 bits per heavy atom. The zero-order chi connectivity index (χ0) is 10.0. The van der Waals surface area contributed by atoms with Crippen molar-refractivity contribution in [3.8, 4) is 0 Å². The summed E-state index contributed by atoms with van der Waals surface area (Å²) in [4.78, 5) is 10.8. The molecule has 0 bridgehead atoms. The maximum absolute atomic E-state index is 10.8. The van der Waals surface area contributed by atoms with Crippen LogP contribution in [0, 0.1) is 9.49 Å². The number of rotatable bonds is 3. The Balaban J connectivity index is 3.00. The lowest BCUT2D eigenvalue weighted by atomic mass is 10.2. The summed E-state index contributed by atoms with van der Waals surface area (Å²) in [5.74, 6) is -0.517. The van der Waals surface area contributed by atoms with E-state index in [0.717, 1.165) is 0 Å². The van der Waals surface area contributed by atoms with E-state index >= 15 is 0 Å². The lowest BCUT2D eigenvalue weighted by Crippen LogP contribution is -2.14. The SMILES string of the molecule is CC(C)Cn1ncc(I)c1C(=O)O. The number of nitrogens with zero attached hydrogens (tertiary/aromatic N) is 2. The predicted octanol–water partition coefficient (Wildman–Crippen LogP) is 1.84. The second kappa shape index (κ2) is 4.08. The van der Waals surface area contributed by atoms with Gasteiger partial charge in [0, 0.05) is 6.54 Å². The Kier molecular flexibility index (Phi) is 3.29. The van der Waals surface area contributed by atoms with Gasteiger partial charge in [-0.05, 0) is 28.5 Å². The monoisotopic (exact) mass is 294 g/mol. The molecule has 0 amide bonds. The molecule has 4 nitrogen and oxygen atoms in total. The molecule has 0 radical (unpaired) electrons. The van der Waals surface area contributed by atoms with Crippen LogP contribution < -0.4 is 0 Å². The number of carboxylic acids is 1. The molecule has 1 aromatic rings. The van der Waals surface area contributed by atoms with Gasteiger partial charge in [0.05, 0.1) is 9.77 Å². The molecule has 0 saturated heterocycles. The van der Waals surface area contributed by atoms with E-state index in [4.69, 9.17) is 5.11 Å². The number of carboxylic acid groups (broad SMARTS) is 1. The number of aromatic carboxylic acids is 1. The Labute approximate surface area is 90.1 Å². The molecule has 0 unspecified atom stereocenters. The molecule has 0 aliphatic heterocycles. The third-order valence-electron chi connectivity index (χ3n) is 1.54. The molecule has 0 spiro atoms. The Bertz CT molecular complexity index is 320. The first-order chi connectivity index (χ1) is 6.02. The van der Waals surface area contributed by atoms with Gasteiger partial charge < -0.3 is 5.11 Å².